The van der Waals surface area contributed by atoms with Gasteiger partial charge in [0.05, 0.1) is 6.20 Å². The Morgan fingerprint density at radius 1 is 1.25 bits per heavy atom. The van der Waals surface area contributed by atoms with Gasteiger partial charge in [-0.15, -0.1) is 0 Å². The van der Waals surface area contributed by atoms with Crippen LogP contribution < -0.4 is 21.5 Å². The van der Waals surface area contributed by atoms with Crippen LogP contribution in [0.25, 0.3) is 0 Å². The van der Waals surface area contributed by atoms with E-state index in [1.54, 1.807) is 4.90 Å². The van der Waals surface area contributed by atoms with Crippen molar-refractivity contribution in [3.8, 4) is 0 Å². The van der Waals surface area contributed by atoms with Gasteiger partial charge >= 0.3 is 0 Å². The van der Waals surface area contributed by atoms with Crippen LogP contribution in [0, 0.1) is 6.92 Å². The van der Waals surface area contributed by atoms with Crippen LogP contribution in [-0.2, 0) is 13.6 Å². The number of nitrogens with two attached hydrogens (primary N) is 1. The molecule has 2 aromatic rings. The molecule has 0 atom stereocenters. The van der Waals surface area contributed by atoms with Gasteiger partial charge in [0.1, 0.15) is 0 Å². The number of aryl methyl sites for hydroxylation is 1. The Morgan fingerprint density at radius 2 is 1.95 bits per heavy atom. The molecule has 20 heavy (non-hydrogen) atoms. The molecular weight excluding hydrogens is 258 g/mol. The lowest BCUT2D eigenvalue weighted by Gasteiger charge is -2.13. The van der Waals surface area contributed by atoms with E-state index >= 15 is 0 Å². The summed E-state index contributed by atoms with van der Waals surface area (Å²) in [5, 5.41) is 7.34. The molecule has 4 N–H and O–H groups in total. The van der Waals surface area contributed by atoms with Gasteiger partial charge in [-0.1, -0.05) is 0 Å². The molecule has 0 aliphatic heterocycles. The summed E-state index contributed by atoms with van der Waals surface area (Å²) < 4.78 is 1.82. The normalized spacial score (nSPS) is 10.4. The molecule has 0 aliphatic rings. The van der Waals surface area contributed by atoms with Crippen LogP contribution >= 0.6 is 0 Å². The summed E-state index contributed by atoms with van der Waals surface area (Å²) >= 11 is 0. The highest BCUT2D eigenvalue weighted by molar-refractivity contribution is 5.42. The molecule has 0 fully saturated rings. The summed E-state index contributed by atoms with van der Waals surface area (Å²) in [6.07, 6.45) is 1.82. The van der Waals surface area contributed by atoms with E-state index in [9.17, 15) is 0 Å². The summed E-state index contributed by atoms with van der Waals surface area (Å²) in [5.41, 5.74) is 4.61. The zero-order valence-electron chi connectivity index (χ0n) is 12.0. The number of hydrogen-bond acceptors (Lipinski definition) is 8. The first-order valence-electron chi connectivity index (χ1n) is 6.12. The van der Waals surface area contributed by atoms with Crippen molar-refractivity contribution in [2.45, 2.75) is 13.5 Å². The molecule has 0 spiro atoms. The minimum atomic E-state index is 0.314. The number of hydrogen-bond donors (Lipinski definition) is 3. The van der Waals surface area contributed by atoms with E-state index in [-0.39, 0.29) is 0 Å². The van der Waals surface area contributed by atoms with E-state index in [4.69, 9.17) is 5.84 Å². The minimum absolute atomic E-state index is 0.314. The fraction of sp³-hybridized carbons (Fsp3) is 0.455. The molecule has 2 rings (SSSR count). The number of nitrogens with zero attached hydrogens (tertiary/aromatic N) is 6. The fourth-order valence-corrected chi connectivity index (χ4v) is 1.60. The highest BCUT2D eigenvalue weighted by Crippen LogP contribution is 2.12. The van der Waals surface area contributed by atoms with E-state index in [0.29, 0.717) is 24.4 Å². The third-order valence-electron chi connectivity index (χ3n) is 2.93. The Morgan fingerprint density at radius 3 is 2.50 bits per heavy atom. The molecule has 0 aliphatic carbocycles. The Hall–Kier alpha value is -2.42. The third kappa shape index (κ3) is 2.94. The third-order valence-corrected chi connectivity index (χ3v) is 2.93. The maximum atomic E-state index is 5.36. The lowest BCUT2D eigenvalue weighted by Crippen LogP contribution is -2.19. The van der Waals surface area contributed by atoms with Gasteiger partial charge in [0.25, 0.3) is 0 Å². The van der Waals surface area contributed by atoms with E-state index in [1.165, 1.54) is 0 Å². The number of nitrogen functional groups attached to an aromatic ring is 1. The van der Waals surface area contributed by atoms with E-state index in [0.717, 1.165) is 11.3 Å². The summed E-state index contributed by atoms with van der Waals surface area (Å²) in [7, 11) is 5.61. The van der Waals surface area contributed by atoms with Crippen LogP contribution in [0.15, 0.2) is 6.20 Å². The SMILES string of the molecule is Cc1c(CNc2nc(NN)nc(N(C)C)n2)cnn1C. The van der Waals surface area contributed by atoms with Crippen LogP contribution in [-0.4, -0.2) is 38.8 Å². The quantitative estimate of drug-likeness (QED) is 0.512. The lowest BCUT2D eigenvalue weighted by atomic mass is 10.2. The average Bonchev–Trinajstić information content (AvgIpc) is 2.76. The standard InChI is InChI=1S/C11H19N9/c1-7-8(6-14-20(7)4)5-13-9-15-10(18-12)17-11(16-9)19(2)3/h6H,5,12H2,1-4H3,(H2,13,15,16,17,18). The van der Waals surface area contributed by atoms with Gasteiger partial charge in [-0.05, 0) is 6.92 Å². The van der Waals surface area contributed by atoms with Gasteiger partial charge in [-0.3, -0.25) is 10.1 Å². The summed E-state index contributed by atoms with van der Waals surface area (Å²) in [4.78, 5) is 14.4. The Bertz CT molecular complexity index is 590. The van der Waals surface area contributed by atoms with Gasteiger partial charge < -0.3 is 10.2 Å². The number of anilines is 3. The lowest BCUT2D eigenvalue weighted by molar-refractivity contribution is 0.738. The van der Waals surface area contributed by atoms with E-state index < -0.39 is 0 Å². The van der Waals surface area contributed by atoms with E-state index in [1.807, 2.05) is 38.9 Å². The first kappa shape index (κ1) is 14.0. The van der Waals surface area contributed by atoms with Crippen molar-refractivity contribution < 1.29 is 0 Å². The van der Waals surface area contributed by atoms with Gasteiger partial charge in [-0.2, -0.15) is 20.1 Å². The molecule has 0 saturated heterocycles. The van der Waals surface area contributed by atoms with Crippen molar-refractivity contribution in [3.05, 3.63) is 17.5 Å². The molecule has 2 aromatic heterocycles. The number of hydrazine groups is 1. The predicted octanol–water partition coefficient (Wildman–Crippen LogP) is -0.123. The van der Waals surface area contributed by atoms with Crippen molar-refractivity contribution in [2.75, 3.05) is 29.7 Å². The van der Waals surface area contributed by atoms with Crippen molar-refractivity contribution in [3.63, 3.8) is 0 Å². The minimum Gasteiger partial charge on any atom is -0.350 e. The molecule has 108 valence electrons. The average molecular weight is 277 g/mol. The molecule has 0 bridgehead atoms. The predicted molar refractivity (Wildman–Crippen MR) is 77.2 cm³/mol. The molecule has 0 unspecified atom stereocenters. The van der Waals surface area contributed by atoms with Gasteiger partial charge in [-0.25, -0.2) is 5.84 Å². The molecule has 9 heteroatoms. The number of rotatable bonds is 5. The maximum absolute atomic E-state index is 5.36. The van der Waals surface area contributed by atoms with Gasteiger partial charge in [0, 0.05) is 38.9 Å². The smallest absolute Gasteiger partial charge is 0.243 e. The zero-order chi connectivity index (χ0) is 14.7. The summed E-state index contributed by atoms with van der Waals surface area (Å²) in [6.45, 7) is 2.59. The van der Waals surface area contributed by atoms with E-state index in [2.05, 4.69) is 30.8 Å². The highest BCUT2D eigenvalue weighted by Gasteiger charge is 2.09. The molecular formula is C11H19N9. The first-order chi connectivity index (χ1) is 9.51. The van der Waals surface area contributed by atoms with Crippen LogP contribution in [0.5, 0.6) is 0 Å². The van der Waals surface area contributed by atoms with Crippen LogP contribution in [0.4, 0.5) is 17.8 Å². The molecule has 0 radical (unpaired) electrons. The molecule has 0 saturated carbocycles. The largest absolute Gasteiger partial charge is 0.350 e. The molecule has 0 amide bonds. The number of nitrogens with one attached hydrogen (secondary N) is 2. The Balaban J connectivity index is 2.16. The van der Waals surface area contributed by atoms with Crippen LogP contribution in [0.3, 0.4) is 0 Å². The van der Waals surface area contributed by atoms with Crippen molar-refractivity contribution >= 4 is 17.8 Å². The second kappa shape index (κ2) is 5.70. The second-order valence-corrected chi connectivity index (χ2v) is 4.55. The highest BCUT2D eigenvalue weighted by atomic mass is 15.4. The number of aromatic nitrogens is 5. The monoisotopic (exact) mass is 277 g/mol. The van der Waals surface area contributed by atoms with Crippen molar-refractivity contribution in [1.29, 1.82) is 0 Å². The topological polar surface area (TPSA) is 110 Å². The van der Waals surface area contributed by atoms with Gasteiger partial charge in [0.2, 0.25) is 17.8 Å². The van der Waals surface area contributed by atoms with Crippen LogP contribution in [0.2, 0.25) is 0 Å². The van der Waals surface area contributed by atoms with Crippen LogP contribution in [0.1, 0.15) is 11.3 Å². The van der Waals surface area contributed by atoms with Gasteiger partial charge in [0.15, 0.2) is 0 Å². The fourth-order valence-electron chi connectivity index (χ4n) is 1.60. The Kier molecular flexibility index (Phi) is 3.99. The Labute approximate surface area is 117 Å². The second-order valence-electron chi connectivity index (χ2n) is 4.55. The molecule has 0 aromatic carbocycles. The van der Waals surface area contributed by atoms with Crippen molar-refractivity contribution in [1.82, 2.24) is 24.7 Å². The first-order valence-corrected chi connectivity index (χ1v) is 6.12. The molecule has 9 nitrogen and oxygen atoms in total. The van der Waals surface area contributed by atoms with Crippen molar-refractivity contribution in [2.24, 2.45) is 12.9 Å². The summed E-state index contributed by atoms with van der Waals surface area (Å²) in [5.74, 6) is 6.66. The maximum Gasteiger partial charge on any atom is 0.243 e. The molecule has 2 heterocycles. The zero-order valence-corrected chi connectivity index (χ0v) is 12.0. The summed E-state index contributed by atoms with van der Waals surface area (Å²) in [6, 6.07) is 0.